The first kappa shape index (κ1) is 12.5. The van der Waals surface area contributed by atoms with Gasteiger partial charge < -0.3 is 5.32 Å². The van der Waals surface area contributed by atoms with Gasteiger partial charge in [0.05, 0.1) is 5.56 Å². The van der Waals surface area contributed by atoms with E-state index < -0.39 is 0 Å². The van der Waals surface area contributed by atoms with Crippen molar-refractivity contribution in [2.75, 3.05) is 6.54 Å². The lowest BCUT2D eigenvalue weighted by atomic mass is 9.97. The Morgan fingerprint density at radius 1 is 1.33 bits per heavy atom. The molecule has 0 saturated carbocycles. The second kappa shape index (κ2) is 4.96. The van der Waals surface area contributed by atoms with Crippen LogP contribution in [0, 0.1) is 8.99 Å². The van der Waals surface area contributed by atoms with Crippen molar-refractivity contribution in [3.63, 3.8) is 0 Å². The van der Waals surface area contributed by atoms with E-state index in [9.17, 15) is 4.79 Å². The van der Waals surface area contributed by atoms with Crippen LogP contribution >= 0.6 is 22.6 Å². The lowest BCUT2D eigenvalue weighted by Crippen LogP contribution is -2.32. The third-order valence-electron chi connectivity index (χ3n) is 1.90. The van der Waals surface area contributed by atoms with Crippen molar-refractivity contribution in [1.82, 2.24) is 5.32 Å². The van der Waals surface area contributed by atoms with Crippen LogP contribution in [0.5, 0.6) is 0 Å². The molecular formula is C12H16INO. The van der Waals surface area contributed by atoms with Gasteiger partial charge in [0.25, 0.3) is 5.91 Å². The van der Waals surface area contributed by atoms with E-state index in [-0.39, 0.29) is 11.3 Å². The van der Waals surface area contributed by atoms with E-state index in [1.54, 1.807) is 0 Å². The molecule has 0 unspecified atom stereocenters. The molecule has 1 aromatic rings. The van der Waals surface area contributed by atoms with Crippen molar-refractivity contribution in [1.29, 1.82) is 0 Å². The van der Waals surface area contributed by atoms with Gasteiger partial charge in [-0.2, -0.15) is 0 Å². The van der Waals surface area contributed by atoms with E-state index in [0.29, 0.717) is 6.54 Å². The second-order valence-corrected chi connectivity index (χ2v) is 5.89. The van der Waals surface area contributed by atoms with Crippen molar-refractivity contribution in [2.45, 2.75) is 20.8 Å². The van der Waals surface area contributed by atoms with Gasteiger partial charge in [-0.1, -0.05) is 32.9 Å². The molecule has 1 aromatic carbocycles. The van der Waals surface area contributed by atoms with Gasteiger partial charge in [0, 0.05) is 10.1 Å². The van der Waals surface area contributed by atoms with Crippen molar-refractivity contribution < 1.29 is 4.79 Å². The SMILES string of the molecule is CC(C)(C)CNC(=O)c1ccccc1I. The van der Waals surface area contributed by atoms with Gasteiger partial charge in [0.15, 0.2) is 0 Å². The Kier molecular flexibility index (Phi) is 4.13. The molecule has 15 heavy (non-hydrogen) atoms. The zero-order valence-corrected chi connectivity index (χ0v) is 11.5. The molecule has 2 nitrogen and oxygen atoms in total. The smallest absolute Gasteiger partial charge is 0.252 e. The number of benzene rings is 1. The minimum absolute atomic E-state index is 0.00919. The molecule has 0 fully saturated rings. The van der Waals surface area contributed by atoms with Crippen LogP contribution in [0.3, 0.4) is 0 Å². The molecule has 1 rings (SSSR count). The van der Waals surface area contributed by atoms with E-state index >= 15 is 0 Å². The predicted molar refractivity (Wildman–Crippen MR) is 70.9 cm³/mol. The van der Waals surface area contributed by atoms with Crippen LogP contribution in [-0.2, 0) is 0 Å². The van der Waals surface area contributed by atoms with Crippen molar-refractivity contribution >= 4 is 28.5 Å². The van der Waals surface area contributed by atoms with E-state index in [4.69, 9.17) is 0 Å². The summed E-state index contributed by atoms with van der Waals surface area (Å²) in [5.74, 6) is 0.00919. The number of carbonyl (C=O) groups excluding carboxylic acids is 1. The van der Waals surface area contributed by atoms with Gasteiger partial charge in [-0.3, -0.25) is 4.79 Å². The molecule has 1 amide bonds. The summed E-state index contributed by atoms with van der Waals surface area (Å²) in [7, 11) is 0. The Balaban J connectivity index is 2.66. The monoisotopic (exact) mass is 317 g/mol. The summed E-state index contributed by atoms with van der Waals surface area (Å²) < 4.78 is 0.988. The van der Waals surface area contributed by atoms with Crippen molar-refractivity contribution in [3.8, 4) is 0 Å². The highest BCUT2D eigenvalue weighted by Crippen LogP contribution is 2.13. The topological polar surface area (TPSA) is 29.1 Å². The highest BCUT2D eigenvalue weighted by Gasteiger charge is 2.14. The molecule has 0 aliphatic carbocycles. The standard InChI is InChI=1S/C12H16INO/c1-12(2,3)8-14-11(15)9-6-4-5-7-10(9)13/h4-7H,8H2,1-3H3,(H,14,15). The van der Waals surface area contributed by atoms with E-state index in [1.807, 2.05) is 24.3 Å². The molecule has 0 spiro atoms. The van der Waals surface area contributed by atoms with E-state index in [1.165, 1.54) is 0 Å². The summed E-state index contributed by atoms with van der Waals surface area (Å²) in [5, 5.41) is 2.94. The fourth-order valence-electron chi connectivity index (χ4n) is 1.09. The summed E-state index contributed by atoms with van der Waals surface area (Å²) >= 11 is 2.18. The van der Waals surface area contributed by atoms with Crippen LogP contribution in [0.1, 0.15) is 31.1 Å². The lowest BCUT2D eigenvalue weighted by Gasteiger charge is -2.18. The first-order valence-corrected chi connectivity index (χ1v) is 6.01. The van der Waals surface area contributed by atoms with Gasteiger partial charge in [0.2, 0.25) is 0 Å². The molecule has 3 heteroatoms. The van der Waals surface area contributed by atoms with Crippen molar-refractivity contribution in [2.24, 2.45) is 5.41 Å². The largest absolute Gasteiger partial charge is 0.351 e. The number of rotatable bonds is 2. The van der Waals surface area contributed by atoms with Crippen LogP contribution in [0.15, 0.2) is 24.3 Å². The Hall–Kier alpha value is -0.580. The summed E-state index contributed by atoms with van der Waals surface area (Å²) in [5.41, 5.74) is 0.873. The summed E-state index contributed by atoms with van der Waals surface area (Å²) in [6.45, 7) is 6.99. The van der Waals surface area contributed by atoms with E-state index in [2.05, 4.69) is 48.7 Å². The van der Waals surface area contributed by atoms with Crippen LogP contribution < -0.4 is 5.32 Å². The quantitative estimate of drug-likeness (QED) is 0.835. The molecular weight excluding hydrogens is 301 g/mol. The summed E-state index contributed by atoms with van der Waals surface area (Å²) in [4.78, 5) is 11.8. The fourth-order valence-corrected chi connectivity index (χ4v) is 1.72. The summed E-state index contributed by atoms with van der Waals surface area (Å²) in [6, 6.07) is 7.60. The minimum Gasteiger partial charge on any atom is -0.351 e. The maximum Gasteiger partial charge on any atom is 0.252 e. The molecule has 1 N–H and O–H groups in total. The molecule has 0 aromatic heterocycles. The highest BCUT2D eigenvalue weighted by molar-refractivity contribution is 14.1. The van der Waals surface area contributed by atoms with Gasteiger partial charge in [0.1, 0.15) is 0 Å². The Morgan fingerprint density at radius 3 is 2.47 bits per heavy atom. The molecule has 0 aliphatic rings. The Bertz CT molecular complexity index is 355. The predicted octanol–water partition coefficient (Wildman–Crippen LogP) is 3.07. The fraction of sp³-hybridized carbons (Fsp3) is 0.417. The zero-order valence-electron chi connectivity index (χ0n) is 9.30. The minimum atomic E-state index is 0.00919. The number of amides is 1. The van der Waals surface area contributed by atoms with Crippen LogP contribution in [0.2, 0.25) is 0 Å². The highest BCUT2D eigenvalue weighted by atomic mass is 127. The molecule has 0 atom stereocenters. The normalized spacial score (nSPS) is 11.2. The average Bonchev–Trinajstić information content (AvgIpc) is 2.14. The third kappa shape index (κ3) is 4.20. The van der Waals surface area contributed by atoms with Gasteiger partial charge in [-0.25, -0.2) is 0 Å². The van der Waals surface area contributed by atoms with Gasteiger partial charge in [-0.15, -0.1) is 0 Å². The van der Waals surface area contributed by atoms with Crippen LogP contribution in [0.25, 0.3) is 0 Å². The van der Waals surface area contributed by atoms with Crippen LogP contribution in [-0.4, -0.2) is 12.5 Å². The maximum atomic E-state index is 11.8. The lowest BCUT2D eigenvalue weighted by molar-refractivity contribution is 0.0938. The number of hydrogen-bond acceptors (Lipinski definition) is 1. The van der Waals surface area contributed by atoms with Crippen molar-refractivity contribution in [3.05, 3.63) is 33.4 Å². The Morgan fingerprint density at radius 2 is 1.93 bits per heavy atom. The number of hydrogen-bond donors (Lipinski definition) is 1. The maximum absolute atomic E-state index is 11.8. The average molecular weight is 317 g/mol. The first-order chi connectivity index (χ1) is 6.90. The Labute approximate surface area is 105 Å². The number of halogens is 1. The second-order valence-electron chi connectivity index (χ2n) is 4.72. The van der Waals surface area contributed by atoms with Gasteiger partial charge in [-0.05, 0) is 40.1 Å². The molecule has 0 bridgehead atoms. The third-order valence-corrected chi connectivity index (χ3v) is 2.84. The number of nitrogens with one attached hydrogen (secondary N) is 1. The molecule has 0 saturated heterocycles. The van der Waals surface area contributed by atoms with Gasteiger partial charge >= 0.3 is 0 Å². The molecule has 0 radical (unpaired) electrons. The van der Waals surface area contributed by atoms with E-state index in [0.717, 1.165) is 9.13 Å². The number of carbonyl (C=O) groups is 1. The molecule has 82 valence electrons. The van der Waals surface area contributed by atoms with Crippen LogP contribution in [0.4, 0.5) is 0 Å². The molecule has 0 aliphatic heterocycles. The molecule has 0 heterocycles. The summed E-state index contributed by atoms with van der Waals surface area (Å²) in [6.07, 6.45) is 0. The first-order valence-electron chi connectivity index (χ1n) is 4.93. The zero-order chi connectivity index (χ0) is 11.5.